The second-order valence-corrected chi connectivity index (χ2v) is 5.90. The molecule has 0 heterocycles. The van der Waals surface area contributed by atoms with Crippen molar-refractivity contribution in [3.05, 3.63) is 71.8 Å². The fourth-order valence-corrected chi connectivity index (χ4v) is 2.56. The summed E-state index contributed by atoms with van der Waals surface area (Å²) in [4.78, 5) is 2.06. The highest BCUT2D eigenvalue weighted by atomic mass is 16.3. The zero-order chi connectivity index (χ0) is 14.8. The zero-order valence-corrected chi connectivity index (χ0v) is 12.7. The van der Waals surface area contributed by atoms with Crippen molar-refractivity contribution in [3.63, 3.8) is 0 Å². The molecule has 106 valence electrons. The van der Waals surface area contributed by atoms with Gasteiger partial charge in [-0.25, -0.2) is 0 Å². The Hall–Kier alpha value is -1.64. The second kappa shape index (κ2) is 5.39. The van der Waals surface area contributed by atoms with Crippen LogP contribution in [0.2, 0.25) is 0 Å². The lowest BCUT2D eigenvalue weighted by atomic mass is 9.72. The maximum absolute atomic E-state index is 11.6. The molecule has 2 aromatic carbocycles. The summed E-state index contributed by atoms with van der Waals surface area (Å²) >= 11 is 0. The molecule has 0 aliphatic carbocycles. The number of likely N-dealkylation sites (N-methyl/N-ethyl adjacent to an activating group) is 1. The number of nitrogens with zero attached hydrogens (tertiary/aromatic N) is 1. The van der Waals surface area contributed by atoms with Crippen LogP contribution < -0.4 is 0 Å². The summed E-state index contributed by atoms with van der Waals surface area (Å²) in [6.07, 6.45) is 0. The molecule has 2 aromatic rings. The van der Waals surface area contributed by atoms with Gasteiger partial charge in [0.2, 0.25) is 0 Å². The molecule has 0 aliphatic rings. The summed E-state index contributed by atoms with van der Waals surface area (Å²) in [5.74, 6) is 0. The van der Waals surface area contributed by atoms with Crippen LogP contribution in [0, 0.1) is 0 Å². The van der Waals surface area contributed by atoms with Crippen LogP contribution in [0.5, 0.6) is 0 Å². The monoisotopic (exact) mass is 269 g/mol. The summed E-state index contributed by atoms with van der Waals surface area (Å²) in [5, 5.41) is 11.6. The van der Waals surface area contributed by atoms with Crippen molar-refractivity contribution in [2.24, 2.45) is 0 Å². The van der Waals surface area contributed by atoms with Crippen molar-refractivity contribution < 1.29 is 5.11 Å². The maximum atomic E-state index is 11.6. The molecule has 2 rings (SSSR count). The van der Waals surface area contributed by atoms with Gasteiger partial charge < -0.3 is 10.0 Å². The number of hydrogen-bond acceptors (Lipinski definition) is 2. The molecule has 0 unspecified atom stereocenters. The van der Waals surface area contributed by atoms with Crippen LogP contribution in [0.1, 0.15) is 25.0 Å². The summed E-state index contributed by atoms with van der Waals surface area (Å²) in [6.45, 7) is 4.12. The van der Waals surface area contributed by atoms with Gasteiger partial charge in [0.25, 0.3) is 0 Å². The average molecular weight is 269 g/mol. The topological polar surface area (TPSA) is 23.5 Å². The Morgan fingerprint density at radius 1 is 0.750 bits per heavy atom. The number of rotatable bonds is 4. The first-order valence-electron chi connectivity index (χ1n) is 6.91. The normalized spacial score (nSPS) is 12.7. The zero-order valence-electron chi connectivity index (χ0n) is 12.7. The van der Waals surface area contributed by atoms with E-state index in [0.29, 0.717) is 0 Å². The van der Waals surface area contributed by atoms with Crippen LogP contribution >= 0.6 is 0 Å². The van der Waals surface area contributed by atoms with E-state index in [0.717, 1.165) is 11.1 Å². The molecule has 2 nitrogen and oxygen atoms in total. The van der Waals surface area contributed by atoms with Crippen LogP contribution in [0.25, 0.3) is 0 Å². The van der Waals surface area contributed by atoms with Gasteiger partial charge in [0.05, 0.1) is 5.54 Å². The SMILES string of the molecule is CN(C)C(C)(C)C(O)(c1ccccc1)c1ccccc1. The predicted octanol–water partition coefficient (Wildman–Crippen LogP) is 3.26. The Labute approximate surface area is 121 Å². The number of aliphatic hydroxyl groups is 1. The van der Waals surface area contributed by atoms with Gasteiger partial charge in [-0.05, 0) is 39.1 Å². The lowest BCUT2D eigenvalue weighted by Gasteiger charge is -2.47. The lowest BCUT2D eigenvalue weighted by molar-refractivity contribution is -0.0554. The van der Waals surface area contributed by atoms with E-state index in [1.807, 2.05) is 74.8 Å². The standard InChI is InChI=1S/C18H23NO/c1-17(2,19(3)4)18(20,15-11-7-5-8-12-15)16-13-9-6-10-14-16/h5-14,20H,1-4H3. The molecule has 1 N–H and O–H groups in total. The highest BCUT2D eigenvalue weighted by Crippen LogP contribution is 2.41. The van der Waals surface area contributed by atoms with Gasteiger partial charge >= 0.3 is 0 Å². The van der Waals surface area contributed by atoms with E-state index >= 15 is 0 Å². The third-order valence-corrected chi connectivity index (χ3v) is 4.39. The molecular formula is C18H23NO. The predicted molar refractivity (Wildman–Crippen MR) is 83.6 cm³/mol. The van der Waals surface area contributed by atoms with E-state index in [9.17, 15) is 5.11 Å². The van der Waals surface area contributed by atoms with Gasteiger partial charge in [-0.15, -0.1) is 0 Å². The highest BCUT2D eigenvalue weighted by molar-refractivity contribution is 5.40. The Kier molecular flexibility index (Phi) is 3.98. The molecule has 0 atom stereocenters. The third-order valence-electron chi connectivity index (χ3n) is 4.39. The Bertz CT molecular complexity index is 507. The van der Waals surface area contributed by atoms with Gasteiger partial charge in [0.1, 0.15) is 5.60 Å². The summed E-state index contributed by atoms with van der Waals surface area (Å²) in [7, 11) is 3.99. The molecule has 0 aromatic heterocycles. The molecule has 0 saturated carbocycles. The first-order valence-corrected chi connectivity index (χ1v) is 6.91. The summed E-state index contributed by atoms with van der Waals surface area (Å²) in [6, 6.07) is 19.7. The minimum absolute atomic E-state index is 0.449. The average Bonchev–Trinajstić information content (AvgIpc) is 2.48. The number of hydrogen-bond donors (Lipinski definition) is 1. The van der Waals surface area contributed by atoms with Crippen molar-refractivity contribution in [2.45, 2.75) is 25.0 Å². The molecular weight excluding hydrogens is 246 g/mol. The van der Waals surface area contributed by atoms with Crippen LogP contribution in [0.3, 0.4) is 0 Å². The lowest BCUT2D eigenvalue weighted by Crippen LogP contribution is -2.56. The van der Waals surface area contributed by atoms with E-state index in [2.05, 4.69) is 18.7 Å². The van der Waals surface area contributed by atoms with E-state index in [4.69, 9.17) is 0 Å². The summed E-state index contributed by atoms with van der Waals surface area (Å²) < 4.78 is 0. The van der Waals surface area contributed by atoms with Crippen molar-refractivity contribution in [1.29, 1.82) is 0 Å². The molecule has 0 spiro atoms. The van der Waals surface area contributed by atoms with Crippen molar-refractivity contribution >= 4 is 0 Å². The summed E-state index contributed by atoms with van der Waals surface area (Å²) in [5.41, 5.74) is 0.296. The van der Waals surface area contributed by atoms with E-state index in [1.165, 1.54) is 0 Å². The van der Waals surface area contributed by atoms with Crippen molar-refractivity contribution in [1.82, 2.24) is 4.90 Å². The first-order chi connectivity index (χ1) is 9.40. The molecule has 0 fully saturated rings. The third kappa shape index (κ3) is 2.26. The van der Waals surface area contributed by atoms with E-state index < -0.39 is 11.1 Å². The minimum Gasteiger partial charge on any atom is -0.378 e. The van der Waals surface area contributed by atoms with Gasteiger partial charge in [-0.2, -0.15) is 0 Å². The largest absolute Gasteiger partial charge is 0.378 e. The van der Waals surface area contributed by atoms with Crippen molar-refractivity contribution in [3.8, 4) is 0 Å². The van der Waals surface area contributed by atoms with E-state index in [1.54, 1.807) is 0 Å². The van der Waals surface area contributed by atoms with Crippen LogP contribution in [-0.2, 0) is 5.60 Å². The fourth-order valence-electron chi connectivity index (χ4n) is 2.56. The molecule has 2 heteroatoms. The quantitative estimate of drug-likeness (QED) is 0.921. The molecule has 0 bridgehead atoms. The van der Waals surface area contributed by atoms with Gasteiger partial charge in [-0.3, -0.25) is 0 Å². The Balaban J connectivity index is 2.68. The number of benzene rings is 2. The van der Waals surface area contributed by atoms with Gasteiger partial charge in [0.15, 0.2) is 0 Å². The molecule has 0 aliphatic heterocycles. The Morgan fingerprint density at radius 2 is 1.10 bits per heavy atom. The van der Waals surface area contributed by atoms with Crippen LogP contribution in [-0.4, -0.2) is 29.6 Å². The second-order valence-electron chi connectivity index (χ2n) is 5.90. The smallest absolute Gasteiger partial charge is 0.132 e. The van der Waals surface area contributed by atoms with Gasteiger partial charge in [0, 0.05) is 0 Å². The molecule has 0 radical (unpaired) electrons. The van der Waals surface area contributed by atoms with Crippen molar-refractivity contribution in [2.75, 3.05) is 14.1 Å². The maximum Gasteiger partial charge on any atom is 0.132 e. The molecule has 0 saturated heterocycles. The highest BCUT2D eigenvalue weighted by Gasteiger charge is 2.47. The molecule has 20 heavy (non-hydrogen) atoms. The van der Waals surface area contributed by atoms with E-state index in [-0.39, 0.29) is 0 Å². The van der Waals surface area contributed by atoms with Crippen LogP contribution in [0.15, 0.2) is 60.7 Å². The Morgan fingerprint density at radius 3 is 1.40 bits per heavy atom. The molecule has 0 amide bonds. The first kappa shape index (κ1) is 14.8. The van der Waals surface area contributed by atoms with Gasteiger partial charge in [-0.1, -0.05) is 60.7 Å². The minimum atomic E-state index is -1.07. The fraction of sp³-hybridized carbons (Fsp3) is 0.333. The van der Waals surface area contributed by atoms with Crippen LogP contribution in [0.4, 0.5) is 0 Å².